The van der Waals surface area contributed by atoms with Crippen LogP contribution < -0.4 is 5.32 Å². The maximum absolute atomic E-state index is 12.6. The summed E-state index contributed by atoms with van der Waals surface area (Å²) in [7, 11) is 0. The lowest BCUT2D eigenvalue weighted by Gasteiger charge is -2.32. The number of aliphatic carboxylic acids is 2. The molecule has 1 saturated heterocycles. The number of carbonyl (C=O) groups excluding carboxylic acids is 1. The molecule has 1 atom stereocenters. The standard InChI is InChI=1S/C21H24Cl2N2O.C2H2O4/c1-15(17-5-3-2-4-6-17)24-21(26)18-9-11-25(12-10-18)14-16-7-8-19(22)20(23)13-16;3-1(4)2(5)6/h2-8,13,15,18H,9-12,14H2,1H3,(H,24,26);(H,3,4)(H,5,6)/t15-;/m1./s1. The highest BCUT2D eigenvalue weighted by Crippen LogP contribution is 2.25. The predicted octanol–water partition coefficient (Wildman–Crippen LogP) is 4.24. The van der Waals surface area contributed by atoms with Crippen LogP contribution in [0.15, 0.2) is 48.5 Å². The fourth-order valence-electron chi connectivity index (χ4n) is 3.41. The normalized spacial score (nSPS) is 15.2. The molecule has 0 unspecified atom stereocenters. The lowest BCUT2D eigenvalue weighted by Crippen LogP contribution is -2.40. The Bertz CT molecular complexity index is 919. The van der Waals surface area contributed by atoms with Gasteiger partial charge < -0.3 is 15.5 Å². The van der Waals surface area contributed by atoms with E-state index in [1.54, 1.807) is 0 Å². The summed E-state index contributed by atoms with van der Waals surface area (Å²) in [4.78, 5) is 33.1. The Kier molecular flexibility index (Phi) is 9.97. The number of carbonyl (C=O) groups is 3. The molecule has 7 nitrogen and oxygen atoms in total. The van der Waals surface area contributed by atoms with Gasteiger partial charge in [0.15, 0.2) is 0 Å². The van der Waals surface area contributed by atoms with E-state index in [2.05, 4.69) is 10.2 Å². The monoisotopic (exact) mass is 480 g/mol. The van der Waals surface area contributed by atoms with Crippen LogP contribution in [0.25, 0.3) is 0 Å². The third kappa shape index (κ3) is 8.15. The molecule has 2 aromatic rings. The molecular formula is C23H26Cl2N2O5. The maximum Gasteiger partial charge on any atom is 0.414 e. The quantitative estimate of drug-likeness (QED) is 0.552. The third-order valence-corrected chi connectivity index (χ3v) is 5.93. The van der Waals surface area contributed by atoms with Gasteiger partial charge in [-0.25, -0.2) is 9.59 Å². The minimum Gasteiger partial charge on any atom is -0.473 e. The van der Waals surface area contributed by atoms with Gasteiger partial charge in [0.1, 0.15) is 0 Å². The smallest absolute Gasteiger partial charge is 0.414 e. The molecule has 1 heterocycles. The zero-order chi connectivity index (χ0) is 23.7. The molecule has 32 heavy (non-hydrogen) atoms. The van der Waals surface area contributed by atoms with Gasteiger partial charge in [0.25, 0.3) is 0 Å². The van der Waals surface area contributed by atoms with E-state index in [0.29, 0.717) is 10.0 Å². The van der Waals surface area contributed by atoms with E-state index < -0.39 is 11.9 Å². The van der Waals surface area contributed by atoms with E-state index in [-0.39, 0.29) is 17.9 Å². The number of carboxylic acid groups (broad SMARTS) is 2. The van der Waals surface area contributed by atoms with Gasteiger partial charge in [0.2, 0.25) is 5.91 Å². The molecule has 0 spiro atoms. The second kappa shape index (κ2) is 12.4. The van der Waals surface area contributed by atoms with E-state index in [1.807, 2.05) is 55.5 Å². The fraction of sp³-hybridized carbons (Fsp3) is 0.348. The molecule has 172 valence electrons. The van der Waals surface area contributed by atoms with Crippen molar-refractivity contribution in [2.45, 2.75) is 32.4 Å². The zero-order valence-electron chi connectivity index (χ0n) is 17.6. The van der Waals surface area contributed by atoms with E-state index in [9.17, 15) is 4.79 Å². The van der Waals surface area contributed by atoms with Gasteiger partial charge in [-0.2, -0.15) is 0 Å². The van der Waals surface area contributed by atoms with Crippen molar-refractivity contribution in [3.63, 3.8) is 0 Å². The van der Waals surface area contributed by atoms with Crippen molar-refractivity contribution >= 4 is 41.0 Å². The second-order valence-corrected chi connectivity index (χ2v) is 8.36. The first kappa shape index (κ1) is 25.6. The Morgan fingerprint density at radius 2 is 1.59 bits per heavy atom. The summed E-state index contributed by atoms with van der Waals surface area (Å²) >= 11 is 12.1. The van der Waals surface area contributed by atoms with E-state index >= 15 is 0 Å². The van der Waals surface area contributed by atoms with Gasteiger partial charge in [0, 0.05) is 12.5 Å². The third-order valence-electron chi connectivity index (χ3n) is 5.19. The van der Waals surface area contributed by atoms with Crippen molar-refractivity contribution in [3.05, 3.63) is 69.7 Å². The number of halogens is 2. The Labute approximate surface area is 196 Å². The molecule has 1 fully saturated rings. The van der Waals surface area contributed by atoms with Crippen molar-refractivity contribution < 1.29 is 24.6 Å². The largest absolute Gasteiger partial charge is 0.473 e. The van der Waals surface area contributed by atoms with Crippen LogP contribution in [0.1, 0.15) is 36.9 Å². The maximum atomic E-state index is 12.6. The number of benzene rings is 2. The number of hydrogen-bond acceptors (Lipinski definition) is 4. The van der Waals surface area contributed by atoms with Gasteiger partial charge in [-0.3, -0.25) is 9.69 Å². The molecule has 9 heteroatoms. The number of amides is 1. The lowest BCUT2D eigenvalue weighted by molar-refractivity contribution is -0.159. The number of nitrogens with one attached hydrogen (secondary N) is 1. The molecule has 1 aliphatic heterocycles. The average molecular weight is 481 g/mol. The van der Waals surface area contributed by atoms with Crippen LogP contribution in [0.5, 0.6) is 0 Å². The summed E-state index contributed by atoms with van der Waals surface area (Å²) in [5, 5.41) is 19.1. The Hall–Kier alpha value is -2.61. The first-order valence-corrected chi connectivity index (χ1v) is 10.9. The average Bonchev–Trinajstić information content (AvgIpc) is 2.77. The van der Waals surface area contributed by atoms with Crippen LogP contribution in [-0.2, 0) is 20.9 Å². The topological polar surface area (TPSA) is 107 Å². The predicted molar refractivity (Wildman–Crippen MR) is 123 cm³/mol. The Morgan fingerprint density at radius 1 is 1.00 bits per heavy atom. The number of carboxylic acids is 2. The van der Waals surface area contributed by atoms with Crippen LogP contribution in [0.4, 0.5) is 0 Å². The van der Waals surface area contributed by atoms with Crippen LogP contribution in [-0.4, -0.2) is 46.0 Å². The molecule has 0 aromatic heterocycles. The van der Waals surface area contributed by atoms with Gasteiger partial charge in [-0.05, 0) is 56.1 Å². The number of likely N-dealkylation sites (tertiary alicyclic amines) is 1. The minimum atomic E-state index is -1.82. The molecule has 0 radical (unpaired) electrons. The van der Waals surface area contributed by atoms with Gasteiger partial charge in [0.05, 0.1) is 16.1 Å². The van der Waals surface area contributed by atoms with Gasteiger partial charge in [-0.1, -0.05) is 59.6 Å². The highest BCUT2D eigenvalue weighted by Gasteiger charge is 2.26. The van der Waals surface area contributed by atoms with E-state index in [4.69, 9.17) is 43.0 Å². The molecule has 1 aliphatic rings. The number of hydrogen-bond donors (Lipinski definition) is 3. The number of rotatable bonds is 5. The van der Waals surface area contributed by atoms with Crippen molar-refractivity contribution in [3.8, 4) is 0 Å². The number of piperidine rings is 1. The molecule has 0 bridgehead atoms. The fourth-order valence-corrected chi connectivity index (χ4v) is 3.73. The lowest BCUT2D eigenvalue weighted by atomic mass is 9.95. The van der Waals surface area contributed by atoms with Gasteiger partial charge in [-0.15, -0.1) is 0 Å². The molecule has 1 amide bonds. The highest BCUT2D eigenvalue weighted by molar-refractivity contribution is 6.42. The Balaban J connectivity index is 0.000000534. The van der Waals surface area contributed by atoms with Crippen molar-refractivity contribution in [2.75, 3.05) is 13.1 Å². The zero-order valence-corrected chi connectivity index (χ0v) is 19.1. The number of nitrogens with zero attached hydrogens (tertiary/aromatic N) is 1. The van der Waals surface area contributed by atoms with Crippen LogP contribution in [0, 0.1) is 5.92 Å². The molecular weight excluding hydrogens is 455 g/mol. The highest BCUT2D eigenvalue weighted by atomic mass is 35.5. The van der Waals surface area contributed by atoms with Gasteiger partial charge >= 0.3 is 11.9 Å². The molecule has 0 saturated carbocycles. The van der Waals surface area contributed by atoms with Crippen molar-refractivity contribution in [1.29, 1.82) is 0 Å². The van der Waals surface area contributed by atoms with E-state index in [1.165, 1.54) is 0 Å². The summed E-state index contributed by atoms with van der Waals surface area (Å²) in [6.45, 7) is 4.70. The summed E-state index contributed by atoms with van der Waals surface area (Å²) in [6.07, 6.45) is 1.77. The SMILES string of the molecule is C[C@@H](NC(=O)C1CCN(Cc2ccc(Cl)c(Cl)c2)CC1)c1ccccc1.O=C(O)C(=O)O. The summed E-state index contributed by atoms with van der Waals surface area (Å²) < 4.78 is 0. The van der Waals surface area contributed by atoms with Crippen molar-refractivity contribution in [1.82, 2.24) is 10.2 Å². The van der Waals surface area contributed by atoms with Crippen LogP contribution in [0.3, 0.4) is 0 Å². The summed E-state index contributed by atoms with van der Waals surface area (Å²) in [5.41, 5.74) is 2.29. The molecule has 3 N–H and O–H groups in total. The van der Waals surface area contributed by atoms with Crippen LogP contribution >= 0.6 is 23.2 Å². The second-order valence-electron chi connectivity index (χ2n) is 7.55. The first-order chi connectivity index (χ1) is 15.2. The van der Waals surface area contributed by atoms with Crippen molar-refractivity contribution in [2.24, 2.45) is 5.92 Å². The van der Waals surface area contributed by atoms with E-state index in [0.717, 1.165) is 43.6 Å². The van der Waals surface area contributed by atoms with Crippen LogP contribution in [0.2, 0.25) is 10.0 Å². The summed E-state index contributed by atoms with van der Waals surface area (Å²) in [5.74, 6) is -3.40. The molecule has 0 aliphatic carbocycles. The molecule has 3 rings (SSSR count). The molecule has 2 aromatic carbocycles. The summed E-state index contributed by atoms with van der Waals surface area (Å²) in [6, 6.07) is 15.9. The minimum absolute atomic E-state index is 0.0398. The first-order valence-electron chi connectivity index (χ1n) is 10.1. The Morgan fingerprint density at radius 3 is 2.12 bits per heavy atom.